The van der Waals surface area contributed by atoms with Gasteiger partial charge in [0.25, 0.3) is 0 Å². The van der Waals surface area contributed by atoms with Crippen LogP contribution in [0.15, 0.2) is 0 Å². The molecule has 3 atom stereocenters. The monoisotopic (exact) mass is 181 g/mol. The number of rotatable bonds is 2. The maximum atomic E-state index is 8.58. The van der Waals surface area contributed by atoms with Crippen LogP contribution in [-0.4, -0.2) is 42.8 Å². The highest BCUT2D eigenvalue weighted by atomic mass is 16.5. The molecule has 2 saturated heterocycles. The molecule has 0 spiro atoms. The van der Waals surface area contributed by atoms with Crippen molar-refractivity contribution in [2.45, 2.75) is 31.1 Å². The van der Waals surface area contributed by atoms with Crippen LogP contribution in [0.4, 0.5) is 0 Å². The molecule has 0 saturated carbocycles. The first-order valence-electron chi connectivity index (χ1n) is 4.81. The van der Waals surface area contributed by atoms with Gasteiger partial charge in [0.15, 0.2) is 0 Å². The van der Waals surface area contributed by atoms with Crippen LogP contribution in [0, 0.1) is 11.3 Å². The van der Waals surface area contributed by atoms with Gasteiger partial charge in [-0.25, -0.2) is 0 Å². The van der Waals surface area contributed by atoms with Gasteiger partial charge in [-0.1, -0.05) is 0 Å². The van der Waals surface area contributed by atoms with Crippen molar-refractivity contribution >= 4 is 0 Å². The number of morpholine rings is 1. The van der Waals surface area contributed by atoms with Crippen molar-refractivity contribution in [3.63, 3.8) is 0 Å². The first kappa shape index (κ1) is 8.95. The van der Waals surface area contributed by atoms with Crippen molar-refractivity contribution in [2.75, 3.05) is 19.6 Å². The summed E-state index contributed by atoms with van der Waals surface area (Å²) in [6, 6.07) is 1.71. The average Bonchev–Trinajstić information content (AvgIpc) is 2.46. The molecular formula is C9H15N3O. The Labute approximate surface area is 78.3 Å². The van der Waals surface area contributed by atoms with Crippen LogP contribution in [0.5, 0.6) is 0 Å². The van der Waals surface area contributed by atoms with E-state index in [0.29, 0.717) is 18.8 Å². The van der Waals surface area contributed by atoms with Crippen molar-refractivity contribution in [3.8, 4) is 6.07 Å². The Bertz CT molecular complexity index is 213. The lowest BCUT2D eigenvalue weighted by atomic mass is 10.2. The summed E-state index contributed by atoms with van der Waals surface area (Å²) < 4.78 is 5.68. The van der Waals surface area contributed by atoms with Crippen molar-refractivity contribution < 1.29 is 4.74 Å². The van der Waals surface area contributed by atoms with Gasteiger partial charge in [0.05, 0.1) is 18.3 Å². The zero-order valence-electron chi connectivity index (χ0n) is 7.65. The van der Waals surface area contributed by atoms with Crippen LogP contribution in [0.1, 0.15) is 12.8 Å². The Balaban J connectivity index is 1.85. The molecule has 2 heterocycles. The molecule has 4 heteroatoms. The molecule has 0 radical (unpaired) electrons. The number of likely N-dealkylation sites (tertiary alicyclic amines) is 1. The highest BCUT2D eigenvalue weighted by Crippen LogP contribution is 2.25. The molecule has 2 rings (SSSR count). The summed E-state index contributed by atoms with van der Waals surface area (Å²) in [6.45, 7) is 2.59. The van der Waals surface area contributed by atoms with E-state index in [2.05, 4.69) is 11.0 Å². The number of fused-ring (bicyclic) bond motifs is 2. The fourth-order valence-corrected chi connectivity index (χ4v) is 2.17. The molecular weight excluding hydrogens is 166 g/mol. The van der Waals surface area contributed by atoms with Gasteiger partial charge in [0, 0.05) is 19.6 Å². The lowest BCUT2D eigenvalue weighted by Gasteiger charge is -2.32. The number of nitriles is 1. The van der Waals surface area contributed by atoms with Crippen LogP contribution in [0.3, 0.4) is 0 Å². The molecule has 0 aromatic carbocycles. The third-order valence-electron chi connectivity index (χ3n) is 2.74. The van der Waals surface area contributed by atoms with Gasteiger partial charge < -0.3 is 10.5 Å². The van der Waals surface area contributed by atoms with Gasteiger partial charge in [0.2, 0.25) is 0 Å². The van der Waals surface area contributed by atoms with Crippen molar-refractivity contribution in [2.24, 2.45) is 5.73 Å². The van der Waals surface area contributed by atoms with Crippen molar-refractivity contribution in [1.82, 2.24) is 4.90 Å². The van der Waals surface area contributed by atoms with E-state index in [1.807, 2.05) is 0 Å². The van der Waals surface area contributed by atoms with Crippen LogP contribution in [0.25, 0.3) is 0 Å². The quantitative estimate of drug-likeness (QED) is 0.635. The molecule has 0 amide bonds. The first-order chi connectivity index (χ1) is 6.28. The van der Waals surface area contributed by atoms with Crippen LogP contribution < -0.4 is 5.73 Å². The van der Waals surface area contributed by atoms with E-state index >= 15 is 0 Å². The Kier molecular flexibility index (Phi) is 2.49. The number of hydrogen-bond donors (Lipinski definition) is 1. The van der Waals surface area contributed by atoms with E-state index in [9.17, 15) is 0 Å². The number of hydrogen-bond acceptors (Lipinski definition) is 4. The van der Waals surface area contributed by atoms with Gasteiger partial charge in [-0.05, 0) is 12.8 Å². The smallest absolute Gasteiger partial charge is 0.106 e. The van der Waals surface area contributed by atoms with Gasteiger partial charge in [-0.15, -0.1) is 0 Å². The summed E-state index contributed by atoms with van der Waals surface area (Å²) >= 11 is 0. The van der Waals surface area contributed by atoms with Crippen LogP contribution >= 0.6 is 0 Å². The lowest BCUT2D eigenvalue weighted by Crippen LogP contribution is -2.47. The second kappa shape index (κ2) is 3.62. The minimum absolute atomic E-state index is 0.350. The normalized spacial score (nSPS) is 35.7. The molecule has 0 aromatic heterocycles. The number of nitrogens with two attached hydrogens (primary N) is 1. The first-order valence-corrected chi connectivity index (χ1v) is 4.81. The average molecular weight is 181 g/mol. The Hall–Kier alpha value is -0.630. The third-order valence-corrected chi connectivity index (χ3v) is 2.74. The highest BCUT2D eigenvalue weighted by Gasteiger charge is 2.33. The number of nitrogens with zero attached hydrogens (tertiary/aromatic N) is 2. The molecule has 4 nitrogen and oxygen atoms in total. The molecule has 72 valence electrons. The standard InChI is InChI=1S/C9H15N3O/c10-3-7(11)4-12-5-8-1-2-9(6-12)13-8/h7-9H,1-2,4-6,11H2. The van der Waals surface area contributed by atoms with Crippen LogP contribution in [0.2, 0.25) is 0 Å². The van der Waals surface area contributed by atoms with E-state index in [1.54, 1.807) is 0 Å². The molecule has 13 heavy (non-hydrogen) atoms. The van der Waals surface area contributed by atoms with Gasteiger partial charge in [-0.3, -0.25) is 4.90 Å². The molecule has 0 aliphatic carbocycles. The molecule has 2 aliphatic rings. The molecule has 3 unspecified atom stereocenters. The molecule has 2 aliphatic heterocycles. The fourth-order valence-electron chi connectivity index (χ4n) is 2.17. The minimum Gasteiger partial charge on any atom is -0.372 e. The topological polar surface area (TPSA) is 62.3 Å². The second-order valence-electron chi connectivity index (χ2n) is 3.91. The van der Waals surface area contributed by atoms with E-state index in [0.717, 1.165) is 13.1 Å². The molecule has 0 aromatic rings. The highest BCUT2D eigenvalue weighted by molar-refractivity contribution is 4.92. The molecule has 2 fully saturated rings. The fraction of sp³-hybridized carbons (Fsp3) is 0.889. The predicted octanol–water partition coefficient (Wildman–Crippen LogP) is -0.300. The minimum atomic E-state index is -0.350. The van der Waals surface area contributed by atoms with E-state index in [-0.39, 0.29) is 6.04 Å². The van der Waals surface area contributed by atoms with E-state index in [1.165, 1.54) is 12.8 Å². The summed E-state index contributed by atoms with van der Waals surface area (Å²) in [5, 5.41) is 8.58. The van der Waals surface area contributed by atoms with Gasteiger partial charge in [0.1, 0.15) is 6.04 Å². The summed E-state index contributed by atoms with van der Waals surface area (Å²) in [6.07, 6.45) is 3.13. The zero-order chi connectivity index (χ0) is 9.26. The molecule has 2 bridgehead atoms. The van der Waals surface area contributed by atoms with Crippen LogP contribution in [-0.2, 0) is 4.74 Å². The number of ether oxygens (including phenoxy) is 1. The second-order valence-corrected chi connectivity index (χ2v) is 3.91. The summed E-state index contributed by atoms with van der Waals surface area (Å²) in [7, 11) is 0. The third kappa shape index (κ3) is 1.99. The van der Waals surface area contributed by atoms with Gasteiger partial charge in [-0.2, -0.15) is 5.26 Å². The van der Waals surface area contributed by atoms with Crippen molar-refractivity contribution in [1.29, 1.82) is 5.26 Å². The Morgan fingerprint density at radius 3 is 2.62 bits per heavy atom. The Morgan fingerprint density at radius 2 is 2.08 bits per heavy atom. The summed E-state index contributed by atoms with van der Waals surface area (Å²) in [4.78, 5) is 2.25. The summed E-state index contributed by atoms with van der Waals surface area (Å²) in [5.41, 5.74) is 5.57. The van der Waals surface area contributed by atoms with Gasteiger partial charge >= 0.3 is 0 Å². The molecule has 2 N–H and O–H groups in total. The predicted molar refractivity (Wildman–Crippen MR) is 47.9 cm³/mol. The maximum absolute atomic E-state index is 8.58. The van der Waals surface area contributed by atoms with Crippen molar-refractivity contribution in [3.05, 3.63) is 0 Å². The zero-order valence-corrected chi connectivity index (χ0v) is 7.65. The van der Waals surface area contributed by atoms with E-state index < -0.39 is 0 Å². The largest absolute Gasteiger partial charge is 0.372 e. The summed E-state index contributed by atoms with van der Waals surface area (Å²) in [5.74, 6) is 0. The maximum Gasteiger partial charge on any atom is 0.106 e. The van der Waals surface area contributed by atoms with E-state index in [4.69, 9.17) is 15.7 Å². The SMILES string of the molecule is N#CC(N)CN1CC2CCC(C1)O2. The lowest BCUT2D eigenvalue weighted by molar-refractivity contribution is -0.0384. The Morgan fingerprint density at radius 1 is 1.46 bits per heavy atom.